The van der Waals surface area contributed by atoms with E-state index in [-0.39, 0.29) is 17.3 Å². The van der Waals surface area contributed by atoms with Crippen LogP contribution in [0.3, 0.4) is 0 Å². The lowest BCUT2D eigenvalue weighted by Crippen LogP contribution is -2.36. The summed E-state index contributed by atoms with van der Waals surface area (Å²) in [7, 11) is 3.96. The number of amides is 2. The standard InChI is InChI=1S/C14H19N3O4/c1-16(2)10-5-6-17(8-10)14(21)15-9-3-4-11(13(19)20)12(18)7-9/h3-4,7,10,18H,5-6,8H2,1-2H3,(H,15,21)(H,19,20). The minimum absolute atomic E-state index is 0.193. The Labute approximate surface area is 122 Å². The van der Waals surface area contributed by atoms with Crippen LogP contribution in [0.5, 0.6) is 5.75 Å². The summed E-state index contributed by atoms with van der Waals surface area (Å²) in [6, 6.07) is 4.06. The highest BCUT2D eigenvalue weighted by molar-refractivity contribution is 5.94. The van der Waals surface area contributed by atoms with E-state index in [1.807, 2.05) is 14.1 Å². The number of benzene rings is 1. The molecule has 1 unspecified atom stereocenters. The van der Waals surface area contributed by atoms with E-state index >= 15 is 0 Å². The van der Waals surface area contributed by atoms with Gasteiger partial charge >= 0.3 is 12.0 Å². The third kappa shape index (κ3) is 3.43. The van der Waals surface area contributed by atoms with Crippen LogP contribution in [0.25, 0.3) is 0 Å². The molecule has 0 bridgehead atoms. The van der Waals surface area contributed by atoms with Crippen molar-refractivity contribution in [1.82, 2.24) is 9.80 Å². The maximum atomic E-state index is 12.1. The van der Waals surface area contributed by atoms with E-state index in [1.165, 1.54) is 18.2 Å². The molecule has 1 aliphatic heterocycles. The molecule has 0 saturated carbocycles. The fourth-order valence-corrected chi connectivity index (χ4v) is 2.34. The summed E-state index contributed by atoms with van der Waals surface area (Å²) in [5.74, 6) is -1.58. The van der Waals surface area contributed by atoms with Crippen LogP contribution >= 0.6 is 0 Å². The second kappa shape index (κ2) is 6.01. The van der Waals surface area contributed by atoms with Gasteiger partial charge < -0.3 is 25.3 Å². The number of carbonyl (C=O) groups excluding carboxylic acids is 1. The fraction of sp³-hybridized carbons (Fsp3) is 0.429. The number of carboxylic acid groups (broad SMARTS) is 1. The monoisotopic (exact) mass is 293 g/mol. The third-order valence-electron chi connectivity index (χ3n) is 3.66. The predicted molar refractivity (Wildman–Crippen MR) is 77.7 cm³/mol. The quantitative estimate of drug-likeness (QED) is 0.780. The summed E-state index contributed by atoms with van der Waals surface area (Å²) >= 11 is 0. The number of nitrogens with zero attached hydrogens (tertiary/aromatic N) is 2. The van der Waals surface area contributed by atoms with Crippen LogP contribution < -0.4 is 5.32 Å². The molecule has 0 spiro atoms. The number of rotatable bonds is 3. The third-order valence-corrected chi connectivity index (χ3v) is 3.66. The lowest BCUT2D eigenvalue weighted by atomic mass is 10.2. The Morgan fingerprint density at radius 3 is 2.62 bits per heavy atom. The topological polar surface area (TPSA) is 93.1 Å². The first kappa shape index (κ1) is 15.1. The van der Waals surface area contributed by atoms with E-state index in [0.29, 0.717) is 24.8 Å². The lowest BCUT2D eigenvalue weighted by Gasteiger charge is -2.20. The highest BCUT2D eigenvalue weighted by atomic mass is 16.4. The van der Waals surface area contributed by atoms with E-state index in [1.54, 1.807) is 4.90 Å². The maximum absolute atomic E-state index is 12.1. The molecule has 0 aromatic heterocycles. The van der Waals surface area contributed by atoms with Crippen molar-refractivity contribution in [2.24, 2.45) is 0 Å². The van der Waals surface area contributed by atoms with Crippen LogP contribution in [0, 0.1) is 0 Å². The molecule has 1 fully saturated rings. The minimum Gasteiger partial charge on any atom is -0.507 e. The van der Waals surface area contributed by atoms with Crippen molar-refractivity contribution >= 4 is 17.7 Å². The highest BCUT2D eigenvalue weighted by Gasteiger charge is 2.27. The number of hydrogen-bond acceptors (Lipinski definition) is 4. The maximum Gasteiger partial charge on any atom is 0.339 e. The number of aromatic hydroxyl groups is 1. The molecule has 1 aliphatic rings. The number of anilines is 1. The molecular weight excluding hydrogens is 274 g/mol. The van der Waals surface area contributed by atoms with Gasteiger partial charge in [0, 0.05) is 30.9 Å². The zero-order valence-electron chi connectivity index (χ0n) is 12.0. The lowest BCUT2D eigenvalue weighted by molar-refractivity contribution is 0.0694. The molecule has 1 heterocycles. The van der Waals surface area contributed by atoms with E-state index in [4.69, 9.17) is 5.11 Å². The molecule has 1 saturated heterocycles. The molecule has 1 atom stereocenters. The molecule has 21 heavy (non-hydrogen) atoms. The van der Waals surface area contributed by atoms with Crippen molar-refractivity contribution in [2.45, 2.75) is 12.5 Å². The van der Waals surface area contributed by atoms with Crippen molar-refractivity contribution in [1.29, 1.82) is 0 Å². The Balaban J connectivity index is 2.00. The highest BCUT2D eigenvalue weighted by Crippen LogP contribution is 2.23. The molecule has 7 heteroatoms. The van der Waals surface area contributed by atoms with Crippen LogP contribution in [-0.2, 0) is 0 Å². The first-order chi connectivity index (χ1) is 9.88. The van der Waals surface area contributed by atoms with Crippen LogP contribution in [0.4, 0.5) is 10.5 Å². The van der Waals surface area contributed by atoms with Gasteiger partial charge in [0.25, 0.3) is 0 Å². The van der Waals surface area contributed by atoms with Crippen molar-refractivity contribution in [3.8, 4) is 5.75 Å². The van der Waals surface area contributed by atoms with E-state index in [0.717, 1.165) is 6.42 Å². The Kier molecular flexibility index (Phi) is 4.32. The molecule has 1 aromatic carbocycles. The summed E-state index contributed by atoms with van der Waals surface area (Å²) in [6.07, 6.45) is 0.920. The molecule has 2 amide bonds. The molecule has 0 radical (unpaired) electrons. The Hall–Kier alpha value is -2.28. The Bertz CT molecular complexity index is 559. The molecule has 7 nitrogen and oxygen atoms in total. The first-order valence-corrected chi connectivity index (χ1v) is 6.67. The second-order valence-electron chi connectivity index (χ2n) is 5.32. The molecule has 1 aromatic rings. The van der Waals surface area contributed by atoms with Gasteiger partial charge in [0.15, 0.2) is 0 Å². The average molecular weight is 293 g/mol. The number of carboxylic acids is 1. The number of phenols is 1. The van der Waals surface area contributed by atoms with Gasteiger partial charge in [0.05, 0.1) is 0 Å². The number of likely N-dealkylation sites (tertiary alicyclic amines) is 1. The molecule has 114 valence electrons. The summed E-state index contributed by atoms with van der Waals surface area (Å²) in [5.41, 5.74) is 0.178. The second-order valence-corrected chi connectivity index (χ2v) is 5.32. The molecule has 2 rings (SSSR count). The van der Waals surface area contributed by atoms with E-state index in [9.17, 15) is 14.7 Å². The summed E-state index contributed by atoms with van der Waals surface area (Å²) < 4.78 is 0. The number of urea groups is 1. The average Bonchev–Trinajstić information content (AvgIpc) is 2.88. The number of aromatic carboxylic acids is 1. The SMILES string of the molecule is CN(C)C1CCN(C(=O)Nc2ccc(C(=O)O)c(O)c2)C1. The van der Waals surface area contributed by atoms with Gasteiger partial charge in [-0.1, -0.05) is 0 Å². The van der Waals surface area contributed by atoms with Crippen molar-refractivity contribution in [3.63, 3.8) is 0 Å². The number of likely N-dealkylation sites (N-methyl/N-ethyl adjacent to an activating group) is 1. The van der Waals surface area contributed by atoms with Crippen LogP contribution in [-0.4, -0.2) is 65.2 Å². The zero-order valence-corrected chi connectivity index (χ0v) is 12.0. The Morgan fingerprint density at radius 1 is 1.38 bits per heavy atom. The van der Waals surface area contributed by atoms with Crippen LogP contribution in [0.15, 0.2) is 18.2 Å². The summed E-state index contributed by atoms with van der Waals surface area (Å²) in [4.78, 5) is 26.7. The van der Waals surface area contributed by atoms with Gasteiger partial charge in [0.2, 0.25) is 0 Å². The number of carbonyl (C=O) groups is 2. The van der Waals surface area contributed by atoms with Gasteiger partial charge in [-0.3, -0.25) is 0 Å². The van der Waals surface area contributed by atoms with Gasteiger partial charge in [-0.25, -0.2) is 9.59 Å². The Morgan fingerprint density at radius 2 is 2.10 bits per heavy atom. The molecule has 3 N–H and O–H groups in total. The minimum atomic E-state index is -1.21. The van der Waals surface area contributed by atoms with Crippen LogP contribution in [0.2, 0.25) is 0 Å². The number of hydrogen-bond donors (Lipinski definition) is 3. The van der Waals surface area contributed by atoms with Crippen molar-refractivity contribution in [3.05, 3.63) is 23.8 Å². The predicted octanol–water partition coefficient (Wildman–Crippen LogP) is 1.26. The first-order valence-electron chi connectivity index (χ1n) is 6.67. The smallest absolute Gasteiger partial charge is 0.339 e. The van der Waals surface area contributed by atoms with E-state index in [2.05, 4.69) is 10.2 Å². The normalized spacial score (nSPS) is 18.0. The van der Waals surface area contributed by atoms with Gasteiger partial charge in [-0.2, -0.15) is 0 Å². The van der Waals surface area contributed by atoms with E-state index < -0.39 is 5.97 Å². The van der Waals surface area contributed by atoms with Gasteiger partial charge in [0.1, 0.15) is 11.3 Å². The summed E-state index contributed by atoms with van der Waals surface area (Å²) in [6.45, 7) is 1.33. The molecular formula is C14H19N3O4. The van der Waals surface area contributed by atoms with Crippen LogP contribution in [0.1, 0.15) is 16.8 Å². The largest absolute Gasteiger partial charge is 0.507 e. The molecule has 0 aliphatic carbocycles. The van der Waals surface area contributed by atoms with Crippen molar-refractivity contribution in [2.75, 3.05) is 32.5 Å². The number of nitrogens with one attached hydrogen (secondary N) is 1. The zero-order chi connectivity index (χ0) is 15.6. The van der Waals surface area contributed by atoms with Gasteiger partial charge in [-0.15, -0.1) is 0 Å². The fourth-order valence-electron chi connectivity index (χ4n) is 2.34. The summed E-state index contributed by atoms with van der Waals surface area (Å²) in [5, 5.41) is 21.1. The van der Waals surface area contributed by atoms with Crippen molar-refractivity contribution < 1.29 is 19.8 Å². The van der Waals surface area contributed by atoms with Gasteiger partial charge in [-0.05, 0) is 32.6 Å².